The van der Waals surface area contributed by atoms with Crippen molar-refractivity contribution in [2.75, 3.05) is 0 Å². The summed E-state index contributed by atoms with van der Waals surface area (Å²) in [6.07, 6.45) is -3.14. The molecule has 1 heterocycles. The molecule has 0 saturated heterocycles. The molecule has 0 radical (unpaired) electrons. The van der Waals surface area contributed by atoms with Gasteiger partial charge in [0.2, 0.25) is 6.10 Å². The van der Waals surface area contributed by atoms with E-state index >= 15 is 0 Å². The summed E-state index contributed by atoms with van der Waals surface area (Å²) in [6.45, 7) is 4.83. The maximum absolute atomic E-state index is 12.8. The summed E-state index contributed by atoms with van der Waals surface area (Å²) < 4.78 is 43.4. The van der Waals surface area contributed by atoms with E-state index in [2.05, 4.69) is 18.4 Å². The zero-order valence-corrected chi connectivity index (χ0v) is 12.3. The largest absolute Gasteiger partial charge is 0.475 e. The van der Waals surface area contributed by atoms with Crippen LogP contribution in [-0.2, 0) is 0 Å². The highest BCUT2D eigenvalue weighted by atomic mass is 35.5. The van der Waals surface area contributed by atoms with Crippen LogP contribution in [0, 0.1) is 11.8 Å². The Hall–Kier alpha value is -1.90. The minimum absolute atomic E-state index is 0.0124. The van der Waals surface area contributed by atoms with Crippen LogP contribution in [0.25, 0.3) is 6.08 Å². The van der Waals surface area contributed by atoms with Crippen molar-refractivity contribution in [1.29, 1.82) is 0 Å². The van der Waals surface area contributed by atoms with Crippen LogP contribution in [0.5, 0.6) is 5.75 Å². The molecule has 0 bridgehead atoms. The van der Waals surface area contributed by atoms with Gasteiger partial charge in [-0.2, -0.15) is 13.2 Å². The number of benzene rings is 1. The molecule has 0 aliphatic carbocycles. The number of alkyl halides is 3. The Morgan fingerprint density at radius 1 is 1.41 bits per heavy atom. The average molecular weight is 329 g/mol. The maximum atomic E-state index is 12.8. The predicted molar refractivity (Wildman–Crippen MR) is 78.7 cm³/mol. The number of hydrogen-bond acceptors (Lipinski definition) is 2. The molecule has 116 valence electrons. The van der Waals surface area contributed by atoms with Crippen LogP contribution < -0.4 is 4.74 Å². The summed E-state index contributed by atoms with van der Waals surface area (Å²) in [5.74, 6) is 5.08. The molecular formula is C16H12ClF3O2. The number of ether oxygens (including phenoxy) is 1. The van der Waals surface area contributed by atoms with Gasteiger partial charge in [-0.05, 0) is 31.2 Å². The van der Waals surface area contributed by atoms with Crippen molar-refractivity contribution < 1.29 is 23.0 Å². The molecular weight excluding hydrogens is 317 g/mol. The van der Waals surface area contributed by atoms with Gasteiger partial charge in [-0.3, -0.25) is 0 Å². The molecule has 0 saturated carbocycles. The van der Waals surface area contributed by atoms with Crippen molar-refractivity contribution in [2.24, 2.45) is 0 Å². The van der Waals surface area contributed by atoms with Gasteiger partial charge < -0.3 is 9.84 Å². The molecule has 1 N–H and O–H groups in total. The van der Waals surface area contributed by atoms with Gasteiger partial charge >= 0.3 is 6.18 Å². The highest BCUT2D eigenvalue weighted by molar-refractivity contribution is 6.31. The highest BCUT2D eigenvalue weighted by Crippen LogP contribution is 2.37. The zero-order valence-electron chi connectivity index (χ0n) is 11.5. The van der Waals surface area contributed by atoms with Gasteiger partial charge in [-0.15, -0.1) is 0 Å². The van der Waals surface area contributed by atoms with Crippen molar-refractivity contribution in [3.63, 3.8) is 0 Å². The van der Waals surface area contributed by atoms with Crippen LogP contribution in [0.1, 0.15) is 18.1 Å². The van der Waals surface area contributed by atoms with Gasteiger partial charge in [0.15, 0.2) is 0 Å². The van der Waals surface area contributed by atoms with Gasteiger partial charge in [0.1, 0.15) is 11.4 Å². The van der Waals surface area contributed by atoms with E-state index in [0.29, 0.717) is 10.6 Å². The van der Waals surface area contributed by atoms with E-state index in [0.717, 1.165) is 6.08 Å². The first-order chi connectivity index (χ1) is 10.1. The monoisotopic (exact) mass is 328 g/mol. The first-order valence-corrected chi connectivity index (χ1v) is 6.64. The average Bonchev–Trinajstić information content (AvgIpc) is 2.43. The van der Waals surface area contributed by atoms with Crippen LogP contribution in [0.3, 0.4) is 0 Å². The van der Waals surface area contributed by atoms with E-state index in [1.807, 2.05) is 0 Å². The van der Waals surface area contributed by atoms with Crippen molar-refractivity contribution in [3.05, 3.63) is 47.0 Å². The first-order valence-electron chi connectivity index (χ1n) is 6.27. The van der Waals surface area contributed by atoms with Crippen LogP contribution >= 0.6 is 11.6 Å². The number of hydrogen-bond donors (Lipinski definition) is 1. The second kappa shape index (κ2) is 5.71. The third kappa shape index (κ3) is 3.65. The fraction of sp³-hybridized carbons (Fsp3) is 0.250. The molecule has 1 aliphatic rings. The molecule has 0 spiro atoms. The van der Waals surface area contributed by atoms with E-state index in [9.17, 15) is 18.3 Å². The fourth-order valence-corrected chi connectivity index (χ4v) is 1.97. The summed E-state index contributed by atoms with van der Waals surface area (Å²) in [5.41, 5.74) is -0.901. The van der Waals surface area contributed by atoms with Gasteiger partial charge in [0, 0.05) is 10.6 Å². The molecule has 22 heavy (non-hydrogen) atoms. The summed E-state index contributed by atoms with van der Waals surface area (Å²) in [6, 6.07) is 2.87. The van der Waals surface area contributed by atoms with E-state index in [4.69, 9.17) is 16.3 Å². The molecule has 2 atom stereocenters. The second-order valence-corrected chi connectivity index (χ2v) is 5.35. The van der Waals surface area contributed by atoms with E-state index in [-0.39, 0.29) is 11.3 Å². The van der Waals surface area contributed by atoms with Crippen LogP contribution in [-0.4, -0.2) is 23.0 Å². The quantitative estimate of drug-likeness (QED) is 0.624. The van der Waals surface area contributed by atoms with Crippen molar-refractivity contribution in [2.45, 2.75) is 24.8 Å². The second-order valence-electron chi connectivity index (χ2n) is 4.91. The Labute approximate surface area is 130 Å². The zero-order chi connectivity index (χ0) is 16.5. The lowest BCUT2D eigenvalue weighted by atomic mass is 10.0. The van der Waals surface area contributed by atoms with Gasteiger partial charge in [-0.25, -0.2) is 0 Å². The Morgan fingerprint density at radius 3 is 2.68 bits per heavy atom. The smallest absolute Gasteiger partial charge is 0.429 e. The standard InChI is InChI=1S/C16H12ClF3O2/c1-3-15(2,21)7-6-11-9-12(17)8-10-4-5-13(16(18,19)20)22-14(10)11/h3-5,8-9,13,21H,1H2,2H3. The Kier molecular flexibility index (Phi) is 4.28. The van der Waals surface area contributed by atoms with Crippen LogP contribution in [0.2, 0.25) is 5.02 Å². The third-order valence-corrected chi connectivity index (χ3v) is 3.17. The lowest BCUT2D eigenvalue weighted by Gasteiger charge is -2.24. The summed E-state index contributed by atoms with van der Waals surface area (Å²) >= 11 is 5.93. The molecule has 1 aromatic carbocycles. The molecule has 2 nitrogen and oxygen atoms in total. The van der Waals surface area contributed by atoms with Crippen molar-refractivity contribution in [3.8, 4) is 17.6 Å². The minimum atomic E-state index is -4.52. The third-order valence-electron chi connectivity index (χ3n) is 2.95. The molecule has 2 rings (SSSR count). The summed E-state index contributed by atoms with van der Waals surface area (Å²) in [7, 11) is 0. The molecule has 0 fully saturated rings. The highest BCUT2D eigenvalue weighted by Gasteiger charge is 2.41. The Bertz CT molecular complexity index is 694. The topological polar surface area (TPSA) is 29.5 Å². The van der Waals surface area contributed by atoms with Gasteiger partial charge in [0.05, 0.1) is 5.56 Å². The predicted octanol–water partition coefficient (Wildman–Crippen LogP) is 3.97. The molecule has 2 unspecified atom stereocenters. The minimum Gasteiger partial charge on any atom is -0.475 e. The molecule has 1 aliphatic heterocycles. The SMILES string of the molecule is C=CC(C)(O)C#Cc1cc(Cl)cc2c1OC(C(F)(F)F)C=C2. The van der Waals surface area contributed by atoms with E-state index in [1.54, 1.807) is 0 Å². The lowest BCUT2D eigenvalue weighted by molar-refractivity contribution is -0.180. The maximum Gasteiger partial charge on any atom is 0.429 e. The van der Waals surface area contributed by atoms with E-state index < -0.39 is 17.9 Å². The normalized spacial score (nSPS) is 19.3. The van der Waals surface area contributed by atoms with Crippen LogP contribution in [0.4, 0.5) is 13.2 Å². The fourth-order valence-electron chi connectivity index (χ4n) is 1.74. The van der Waals surface area contributed by atoms with Crippen LogP contribution in [0.15, 0.2) is 30.9 Å². The number of halogens is 4. The Balaban J connectivity index is 2.49. The Morgan fingerprint density at radius 2 is 2.09 bits per heavy atom. The number of fused-ring (bicyclic) bond motifs is 1. The van der Waals surface area contributed by atoms with Gasteiger partial charge in [0.25, 0.3) is 0 Å². The first kappa shape index (κ1) is 16.5. The van der Waals surface area contributed by atoms with Crippen molar-refractivity contribution in [1.82, 2.24) is 0 Å². The molecule has 0 aromatic heterocycles. The number of rotatable bonds is 1. The van der Waals surface area contributed by atoms with Gasteiger partial charge in [-0.1, -0.05) is 36.1 Å². The molecule has 0 amide bonds. The van der Waals surface area contributed by atoms with Crippen molar-refractivity contribution >= 4 is 17.7 Å². The summed E-state index contributed by atoms with van der Waals surface area (Å²) in [4.78, 5) is 0. The molecule has 6 heteroatoms. The molecule has 1 aromatic rings. The van der Waals surface area contributed by atoms with E-state index in [1.165, 1.54) is 31.2 Å². The number of aliphatic hydroxyl groups is 1. The lowest BCUT2D eigenvalue weighted by Crippen LogP contribution is -2.34. The summed E-state index contributed by atoms with van der Waals surface area (Å²) in [5, 5.41) is 10.1.